The van der Waals surface area contributed by atoms with Crippen molar-refractivity contribution in [1.82, 2.24) is 24.8 Å². The Kier molecular flexibility index (Phi) is 5.13. The molecule has 0 spiro atoms. The second-order valence-electron chi connectivity index (χ2n) is 7.31. The van der Waals surface area contributed by atoms with Crippen LogP contribution in [0.2, 0.25) is 0 Å². The van der Waals surface area contributed by atoms with Crippen LogP contribution in [0.3, 0.4) is 0 Å². The minimum atomic E-state index is 0.128. The van der Waals surface area contributed by atoms with E-state index in [1.165, 1.54) is 19.3 Å². The van der Waals surface area contributed by atoms with Crippen LogP contribution in [-0.4, -0.2) is 44.6 Å². The second-order valence-corrected chi connectivity index (χ2v) is 7.31. The second kappa shape index (κ2) is 7.85. The SMILES string of the molecule is O=C(NC1CCCCC1)C1CCN(c2cc(-n3ccnc3)ncn2)CC1. The average molecular weight is 354 g/mol. The van der Waals surface area contributed by atoms with Crippen LogP contribution in [0.15, 0.2) is 31.1 Å². The van der Waals surface area contributed by atoms with Gasteiger partial charge < -0.3 is 10.2 Å². The predicted molar refractivity (Wildman–Crippen MR) is 99.1 cm³/mol. The van der Waals surface area contributed by atoms with Crippen molar-refractivity contribution in [3.05, 3.63) is 31.1 Å². The highest BCUT2D eigenvalue weighted by molar-refractivity contribution is 5.79. The van der Waals surface area contributed by atoms with Crippen molar-refractivity contribution in [2.45, 2.75) is 51.0 Å². The fourth-order valence-corrected chi connectivity index (χ4v) is 3.98. The topological polar surface area (TPSA) is 75.9 Å². The molecule has 1 aliphatic carbocycles. The molecule has 0 atom stereocenters. The number of nitrogens with zero attached hydrogens (tertiary/aromatic N) is 5. The van der Waals surface area contributed by atoms with Gasteiger partial charge in [0.15, 0.2) is 0 Å². The van der Waals surface area contributed by atoms with Crippen molar-refractivity contribution in [2.75, 3.05) is 18.0 Å². The maximum Gasteiger partial charge on any atom is 0.223 e. The first-order valence-electron chi connectivity index (χ1n) is 9.65. The van der Waals surface area contributed by atoms with Gasteiger partial charge in [-0.1, -0.05) is 19.3 Å². The van der Waals surface area contributed by atoms with Gasteiger partial charge in [-0.15, -0.1) is 0 Å². The smallest absolute Gasteiger partial charge is 0.223 e. The van der Waals surface area contributed by atoms with Crippen LogP contribution in [0.1, 0.15) is 44.9 Å². The molecule has 26 heavy (non-hydrogen) atoms. The van der Waals surface area contributed by atoms with Crippen LogP contribution < -0.4 is 10.2 Å². The molecule has 2 aliphatic rings. The summed E-state index contributed by atoms with van der Waals surface area (Å²) in [6, 6.07) is 2.37. The lowest BCUT2D eigenvalue weighted by Gasteiger charge is -2.33. The lowest BCUT2D eigenvalue weighted by atomic mass is 9.92. The molecule has 138 valence electrons. The van der Waals surface area contributed by atoms with E-state index in [-0.39, 0.29) is 11.8 Å². The minimum absolute atomic E-state index is 0.128. The van der Waals surface area contributed by atoms with Crippen molar-refractivity contribution in [3.63, 3.8) is 0 Å². The van der Waals surface area contributed by atoms with E-state index < -0.39 is 0 Å². The zero-order chi connectivity index (χ0) is 17.8. The van der Waals surface area contributed by atoms with Crippen LogP contribution >= 0.6 is 0 Å². The monoisotopic (exact) mass is 354 g/mol. The fraction of sp³-hybridized carbons (Fsp3) is 0.579. The number of aromatic nitrogens is 4. The molecule has 7 nitrogen and oxygen atoms in total. The third kappa shape index (κ3) is 3.86. The third-order valence-electron chi connectivity index (χ3n) is 5.55. The molecule has 1 amide bonds. The Morgan fingerprint density at radius 3 is 2.54 bits per heavy atom. The Bertz CT molecular complexity index is 717. The standard InChI is InChI=1S/C19H26N6O/c26-19(23-16-4-2-1-3-5-16)15-6-9-24(10-7-15)17-12-18(22-13-21-17)25-11-8-20-14-25/h8,11-16H,1-7,9-10H2,(H,23,26). The summed E-state index contributed by atoms with van der Waals surface area (Å²) >= 11 is 0. The molecule has 2 aromatic heterocycles. The number of anilines is 1. The molecular formula is C19H26N6O. The lowest BCUT2D eigenvalue weighted by Crippen LogP contribution is -2.44. The van der Waals surface area contributed by atoms with Gasteiger partial charge in [0.25, 0.3) is 0 Å². The molecule has 0 bridgehead atoms. The summed E-state index contributed by atoms with van der Waals surface area (Å²) in [5, 5.41) is 3.28. The van der Waals surface area contributed by atoms with E-state index >= 15 is 0 Å². The summed E-state index contributed by atoms with van der Waals surface area (Å²) in [5.41, 5.74) is 0. The number of carbonyl (C=O) groups is 1. The molecule has 1 saturated carbocycles. The lowest BCUT2D eigenvalue weighted by molar-refractivity contribution is -0.126. The molecule has 1 saturated heterocycles. The molecule has 0 unspecified atom stereocenters. The van der Waals surface area contributed by atoms with E-state index in [1.54, 1.807) is 18.9 Å². The Morgan fingerprint density at radius 1 is 1.04 bits per heavy atom. The number of rotatable bonds is 4. The Labute approximate surface area is 153 Å². The summed E-state index contributed by atoms with van der Waals surface area (Å²) in [7, 11) is 0. The molecule has 2 fully saturated rings. The van der Waals surface area contributed by atoms with Gasteiger partial charge in [-0.2, -0.15) is 0 Å². The molecule has 1 aliphatic heterocycles. The number of piperidine rings is 1. The largest absolute Gasteiger partial charge is 0.356 e. The number of nitrogens with one attached hydrogen (secondary N) is 1. The fourth-order valence-electron chi connectivity index (χ4n) is 3.98. The van der Waals surface area contributed by atoms with Crippen LogP contribution in [-0.2, 0) is 4.79 Å². The number of amides is 1. The van der Waals surface area contributed by atoms with Gasteiger partial charge in [-0.05, 0) is 25.7 Å². The van der Waals surface area contributed by atoms with Gasteiger partial charge >= 0.3 is 0 Å². The first-order valence-corrected chi connectivity index (χ1v) is 9.65. The van der Waals surface area contributed by atoms with E-state index in [2.05, 4.69) is 25.2 Å². The van der Waals surface area contributed by atoms with E-state index in [4.69, 9.17) is 0 Å². The zero-order valence-corrected chi connectivity index (χ0v) is 15.0. The van der Waals surface area contributed by atoms with Gasteiger partial charge in [0.1, 0.15) is 24.3 Å². The molecule has 7 heteroatoms. The van der Waals surface area contributed by atoms with Crippen LogP contribution in [0.25, 0.3) is 5.82 Å². The normalized spacial score (nSPS) is 19.5. The van der Waals surface area contributed by atoms with Gasteiger partial charge in [0.2, 0.25) is 5.91 Å². The average Bonchev–Trinajstić information content (AvgIpc) is 3.24. The number of imidazole rings is 1. The van der Waals surface area contributed by atoms with E-state index in [1.807, 2.05) is 16.8 Å². The molecule has 2 aromatic rings. The zero-order valence-electron chi connectivity index (χ0n) is 15.0. The molecule has 0 aromatic carbocycles. The van der Waals surface area contributed by atoms with Crippen molar-refractivity contribution in [1.29, 1.82) is 0 Å². The minimum Gasteiger partial charge on any atom is -0.356 e. The highest BCUT2D eigenvalue weighted by atomic mass is 16.1. The highest BCUT2D eigenvalue weighted by Crippen LogP contribution is 2.24. The molecule has 1 N–H and O–H groups in total. The van der Waals surface area contributed by atoms with E-state index in [9.17, 15) is 4.79 Å². The van der Waals surface area contributed by atoms with Crippen LogP contribution in [0, 0.1) is 5.92 Å². The third-order valence-corrected chi connectivity index (χ3v) is 5.55. The summed E-state index contributed by atoms with van der Waals surface area (Å²) in [4.78, 5) is 27.6. The quantitative estimate of drug-likeness (QED) is 0.912. The maximum absolute atomic E-state index is 12.6. The molecule has 3 heterocycles. The summed E-state index contributed by atoms with van der Waals surface area (Å²) in [6.45, 7) is 1.70. The van der Waals surface area contributed by atoms with E-state index in [0.717, 1.165) is 50.4 Å². The van der Waals surface area contributed by atoms with Crippen molar-refractivity contribution in [2.24, 2.45) is 5.92 Å². The summed E-state index contributed by atoms with van der Waals surface area (Å²) in [6.07, 6.45) is 14.8. The molecule has 0 radical (unpaired) electrons. The highest BCUT2D eigenvalue weighted by Gasteiger charge is 2.27. The van der Waals surface area contributed by atoms with E-state index in [0.29, 0.717) is 6.04 Å². The first-order chi connectivity index (χ1) is 12.8. The maximum atomic E-state index is 12.6. The van der Waals surface area contributed by atoms with Gasteiger partial charge in [0.05, 0.1) is 0 Å². The molecular weight excluding hydrogens is 328 g/mol. The summed E-state index contributed by atoms with van der Waals surface area (Å²) < 4.78 is 1.87. The van der Waals surface area contributed by atoms with Gasteiger partial charge in [0, 0.05) is 43.5 Å². The van der Waals surface area contributed by atoms with Crippen molar-refractivity contribution < 1.29 is 4.79 Å². The van der Waals surface area contributed by atoms with Crippen LogP contribution in [0.4, 0.5) is 5.82 Å². The van der Waals surface area contributed by atoms with Gasteiger partial charge in [-0.25, -0.2) is 15.0 Å². The molecule has 4 rings (SSSR count). The van der Waals surface area contributed by atoms with Crippen molar-refractivity contribution >= 4 is 11.7 Å². The van der Waals surface area contributed by atoms with Crippen LogP contribution in [0.5, 0.6) is 0 Å². The number of hydrogen-bond donors (Lipinski definition) is 1. The Balaban J connectivity index is 1.33. The first kappa shape index (κ1) is 17.0. The number of carbonyl (C=O) groups excluding carboxylic acids is 1. The Morgan fingerprint density at radius 2 is 1.81 bits per heavy atom. The summed E-state index contributed by atoms with van der Waals surface area (Å²) in [5.74, 6) is 2.10. The number of hydrogen-bond acceptors (Lipinski definition) is 5. The Hall–Kier alpha value is -2.44. The van der Waals surface area contributed by atoms with Gasteiger partial charge in [-0.3, -0.25) is 9.36 Å². The van der Waals surface area contributed by atoms with Crippen molar-refractivity contribution in [3.8, 4) is 5.82 Å². The predicted octanol–water partition coefficient (Wildman–Crippen LogP) is 2.33.